The van der Waals surface area contributed by atoms with Gasteiger partial charge in [0.05, 0.1) is 19.3 Å². The smallest absolute Gasteiger partial charge is 0.303 e. The van der Waals surface area contributed by atoms with E-state index in [1.54, 1.807) is 0 Å². The minimum absolute atomic E-state index is 0.0494. The average Bonchev–Trinajstić information content (AvgIpc) is 3.04. The molecule has 1 aromatic heterocycles. The molecule has 10 atom stereocenters. The summed E-state index contributed by atoms with van der Waals surface area (Å²) in [5.74, 6) is -5.44. The molecule has 3 aromatic rings. The fourth-order valence-electron chi connectivity index (χ4n) is 5.64. The van der Waals surface area contributed by atoms with Crippen LogP contribution in [0.15, 0.2) is 33.5 Å². The molecule has 5 rings (SSSR count). The van der Waals surface area contributed by atoms with Crippen LogP contribution in [-0.4, -0.2) is 116 Å². The molecule has 18 heteroatoms. The molecule has 0 aliphatic carbocycles. The van der Waals surface area contributed by atoms with E-state index < -0.39 is 119 Å². The number of phenols is 3. The summed E-state index contributed by atoms with van der Waals surface area (Å²) in [5, 5.41) is 73.0. The van der Waals surface area contributed by atoms with Crippen molar-refractivity contribution in [2.24, 2.45) is 0 Å². The standard InChI is InChI=1S/C32H36O18/c1-10-20(37)23(40)24(41)31(44-10)50-29-22(39)19-17(48-27(29)14-6-7-15(35)16(36)8-14)9-18(28(43-5)21(19)38)49-32-25(42)30(47-13(4)34)26(11(2)45-32)46-12(3)33/h6-11,20,23-26,30-32,35-38,40-42H,1-5H3/t10-,11-,20-,23+,24+,25+,26-,30-,31-,32-/m0/s1. The van der Waals surface area contributed by atoms with E-state index in [9.17, 15) is 50.1 Å². The van der Waals surface area contributed by atoms with E-state index in [1.807, 2.05) is 0 Å². The maximum atomic E-state index is 14.1. The van der Waals surface area contributed by atoms with Crippen LogP contribution in [0.1, 0.15) is 27.7 Å². The molecule has 18 nitrogen and oxygen atoms in total. The van der Waals surface area contributed by atoms with Gasteiger partial charge < -0.3 is 73.3 Å². The Kier molecular flexibility index (Phi) is 10.3. The molecule has 50 heavy (non-hydrogen) atoms. The van der Waals surface area contributed by atoms with Gasteiger partial charge in [0.15, 0.2) is 47.1 Å². The molecule has 3 heterocycles. The molecule has 2 aliphatic heterocycles. The first-order valence-corrected chi connectivity index (χ1v) is 15.2. The summed E-state index contributed by atoms with van der Waals surface area (Å²) < 4.78 is 44.6. The quantitative estimate of drug-likeness (QED) is 0.121. The maximum absolute atomic E-state index is 14.1. The summed E-state index contributed by atoms with van der Waals surface area (Å²) in [4.78, 5) is 37.6. The Morgan fingerprint density at radius 2 is 1.36 bits per heavy atom. The summed E-state index contributed by atoms with van der Waals surface area (Å²) in [5.41, 5.74) is -1.49. The van der Waals surface area contributed by atoms with Crippen LogP contribution in [-0.2, 0) is 28.5 Å². The van der Waals surface area contributed by atoms with Gasteiger partial charge in [0.1, 0.15) is 29.3 Å². The lowest BCUT2D eigenvalue weighted by molar-refractivity contribution is -0.276. The van der Waals surface area contributed by atoms with Gasteiger partial charge in [0, 0.05) is 25.5 Å². The third kappa shape index (κ3) is 6.80. The Hall–Kier alpha value is -4.85. The van der Waals surface area contributed by atoms with E-state index in [-0.39, 0.29) is 16.9 Å². The molecule has 272 valence electrons. The van der Waals surface area contributed by atoms with Gasteiger partial charge in [-0.1, -0.05) is 0 Å². The van der Waals surface area contributed by atoms with Crippen molar-refractivity contribution in [3.8, 4) is 45.8 Å². The monoisotopic (exact) mass is 708 g/mol. The number of hydrogen-bond donors (Lipinski definition) is 7. The molecule has 2 aliphatic rings. The van der Waals surface area contributed by atoms with E-state index in [2.05, 4.69) is 0 Å². The summed E-state index contributed by atoms with van der Waals surface area (Å²) in [6.07, 6.45) is -15.0. The van der Waals surface area contributed by atoms with Crippen molar-refractivity contribution in [1.29, 1.82) is 0 Å². The SMILES string of the molecule is COc1c(O[C@@H]2O[C@@H](C)[C@H](OC(C)=O)[C@@H](OC(C)=O)[C@H]2O)cc2oc(-c3ccc(O)c(O)c3)c(O[C@@H]3O[C@@H](C)[C@H](O)[C@@H](O)[C@H]3O)c(=O)c2c1O. The van der Waals surface area contributed by atoms with Gasteiger partial charge >= 0.3 is 11.9 Å². The van der Waals surface area contributed by atoms with Gasteiger partial charge in [-0.3, -0.25) is 14.4 Å². The normalized spacial score (nSPS) is 29.6. The predicted octanol–water partition coefficient (Wildman–Crippen LogP) is 0.140. The van der Waals surface area contributed by atoms with Crippen LogP contribution >= 0.6 is 0 Å². The van der Waals surface area contributed by atoms with E-state index in [4.69, 9.17) is 37.6 Å². The number of aliphatic hydroxyl groups excluding tert-OH is 4. The third-order valence-corrected chi connectivity index (χ3v) is 8.12. The van der Waals surface area contributed by atoms with Crippen molar-refractivity contribution in [2.75, 3.05) is 7.11 Å². The first-order chi connectivity index (χ1) is 23.5. The Labute approximate surface area is 282 Å². The molecule has 2 aromatic carbocycles. The lowest BCUT2D eigenvalue weighted by Crippen LogP contribution is -2.60. The van der Waals surface area contributed by atoms with Gasteiger partial charge in [-0.25, -0.2) is 0 Å². The fraction of sp³-hybridized carbons (Fsp3) is 0.469. The second-order valence-electron chi connectivity index (χ2n) is 11.7. The van der Waals surface area contributed by atoms with Crippen molar-refractivity contribution >= 4 is 22.9 Å². The summed E-state index contributed by atoms with van der Waals surface area (Å²) in [6, 6.07) is 4.44. The minimum atomic E-state index is -1.86. The Morgan fingerprint density at radius 3 is 1.98 bits per heavy atom. The van der Waals surface area contributed by atoms with Crippen LogP contribution in [0.4, 0.5) is 0 Å². The number of aliphatic hydroxyl groups is 4. The first kappa shape index (κ1) is 36.4. The zero-order valence-corrected chi connectivity index (χ0v) is 27.2. The number of aromatic hydroxyl groups is 3. The molecular formula is C32H36O18. The minimum Gasteiger partial charge on any atom is -0.504 e. The van der Waals surface area contributed by atoms with Gasteiger partial charge in [-0.2, -0.15) is 0 Å². The number of methoxy groups -OCH3 is 1. The number of rotatable bonds is 8. The topological polar surface area (TPSA) is 271 Å². The van der Waals surface area contributed by atoms with Crippen molar-refractivity contribution < 1.29 is 82.9 Å². The molecule has 7 N–H and O–H groups in total. The Morgan fingerprint density at radius 1 is 0.740 bits per heavy atom. The van der Waals surface area contributed by atoms with Crippen LogP contribution < -0.4 is 19.6 Å². The highest BCUT2D eigenvalue weighted by Crippen LogP contribution is 2.46. The van der Waals surface area contributed by atoms with Crippen molar-refractivity contribution in [1.82, 2.24) is 0 Å². The van der Waals surface area contributed by atoms with Gasteiger partial charge in [0.25, 0.3) is 0 Å². The zero-order chi connectivity index (χ0) is 36.8. The average molecular weight is 709 g/mol. The fourth-order valence-corrected chi connectivity index (χ4v) is 5.64. The summed E-state index contributed by atoms with van der Waals surface area (Å²) in [6.45, 7) is 5.05. The molecule has 0 radical (unpaired) electrons. The van der Waals surface area contributed by atoms with Crippen LogP contribution in [0.3, 0.4) is 0 Å². The Balaban J connectivity index is 1.63. The number of benzene rings is 2. The van der Waals surface area contributed by atoms with Crippen LogP contribution in [0, 0.1) is 0 Å². The maximum Gasteiger partial charge on any atom is 0.303 e. The lowest BCUT2D eigenvalue weighted by Gasteiger charge is -2.42. The van der Waals surface area contributed by atoms with E-state index >= 15 is 0 Å². The van der Waals surface area contributed by atoms with Crippen molar-refractivity contribution in [3.05, 3.63) is 34.5 Å². The second kappa shape index (κ2) is 14.2. The highest BCUT2D eigenvalue weighted by atomic mass is 16.7. The third-order valence-electron chi connectivity index (χ3n) is 8.12. The molecule has 2 fully saturated rings. The highest BCUT2D eigenvalue weighted by Gasteiger charge is 2.49. The molecule has 2 saturated heterocycles. The Bertz CT molecular complexity index is 1820. The molecule has 0 saturated carbocycles. The molecular weight excluding hydrogens is 672 g/mol. The number of phenolic OH excluding ortho intramolecular Hbond substituents is 3. The zero-order valence-electron chi connectivity index (χ0n) is 27.2. The van der Waals surface area contributed by atoms with Crippen molar-refractivity contribution in [3.63, 3.8) is 0 Å². The summed E-state index contributed by atoms with van der Waals surface area (Å²) >= 11 is 0. The number of ether oxygens (including phenoxy) is 7. The van der Waals surface area contributed by atoms with E-state index in [0.29, 0.717) is 0 Å². The summed E-state index contributed by atoms with van der Waals surface area (Å²) in [7, 11) is 1.12. The number of esters is 2. The van der Waals surface area contributed by atoms with Crippen LogP contribution in [0.5, 0.6) is 34.5 Å². The highest BCUT2D eigenvalue weighted by molar-refractivity contribution is 5.91. The molecule has 0 unspecified atom stereocenters. The van der Waals surface area contributed by atoms with E-state index in [0.717, 1.165) is 39.2 Å². The van der Waals surface area contributed by atoms with Gasteiger partial charge in [-0.05, 0) is 32.0 Å². The second-order valence-corrected chi connectivity index (χ2v) is 11.7. The van der Waals surface area contributed by atoms with Gasteiger partial charge in [0.2, 0.25) is 29.5 Å². The van der Waals surface area contributed by atoms with Crippen molar-refractivity contribution in [2.45, 2.75) is 89.1 Å². The molecule has 0 spiro atoms. The first-order valence-electron chi connectivity index (χ1n) is 15.2. The number of hydrogen-bond acceptors (Lipinski definition) is 18. The lowest BCUT2D eigenvalue weighted by atomic mass is 9.99. The van der Waals surface area contributed by atoms with Crippen LogP contribution in [0.2, 0.25) is 0 Å². The van der Waals surface area contributed by atoms with Crippen LogP contribution in [0.25, 0.3) is 22.3 Å². The predicted molar refractivity (Wildman–Crippen MR) is 165 cm³/mol. The number of fused-ring (bicyclic) bond motifs is 1. The largest absolute Gasteiger partial charge is 0.504 e. The molecule has 0 amide bonds. The van der Waals surface area contributed by atoms with E-state index in [1.165, 1.54) is 19.9 Å². The van der Waals surface area contributed by atoms with Gasteiger partial charge in [-0.15, -0.1) is 0 Å². The molecule has 0 bridgehead atoms. The number of carbonyl (C=O) groups is 2. The number of carbonyl (C=O) groups excluding carboxylic acids is 2.